The molecule has 1 aromatic rings. The van der Waals surface area contributed by atoms with Crippen LogP contribution in [0.4, 0.5) is 22.0 Å². The summed E-state index contributed by atoms with van der Waals surface area (Å²) in [6.45, 7) is -0.0783. The Morgan fingerprint density at radius 3 is 2.05 bits per heavy atom. The van der Waals surface area contributed by atoms with Crippen LogP contribution >= 0.6 is 0 Å². The topological polar surface area (TPSA) is 26.0 Å². The van der Waals surface area contributed by atoms with Crippen LogP contribution in [0.1, 0.15) is 31.2 Å². The fraction of sp³-hybridized carbons (Fsp3) is 0.538. The lowest BCUT2D eigenvalue weighted by Gasteiger charge is -2.39. The fourth-order valence-corrected chi connectivity index (χ4v) is 2.61. The average molecular weight is 279 g/mol. The Kier molecular flexibility index (Phi) is 3.55. The van der Waals surface area contributed by atoms with Crippen molar-refractivity contribution in [2.75, 3.05) is 6.54 Å². The van der Waals surface area contributed by atoms with Crippen LogP contribution in [-0.2, 0) is 5.41 Å². The maximum absolute atomic E-state index is 13.8. The van der Waals surface area contributed by atoms with Crippen molar-refractivity contribution in [3.8, 4) is 0 Å². The van der Waals surface area contributed by atoms with Crippen molar-refractivity contribution in [2.24, 2.45) is 5.73 Å². The third kappa shape index (κ3) is 2.45. The van der Waals surface area contributed by atoms with Crippen LogP contribution < -0.4 is 5.73 Å². The standard InChI is InChI=1S/C13H14F5N/c14-9-2-1-8(10(15)11(9)16)12(7-19)3-5-13(17,18)6-4-12/h1-2H,3-7,19H2. The SMILES string of the molecule is NCC1(c2ccc(F)c(F)c2F)CCC(F)(F)CC1. The average Bonchev–Trinajstić information content (AvgIpc) is 2.38. The van der Waals surface area contributed by atoms with E-state index in [1.165, 1.54) is 0 Å². The lowest BCUT2D eigenvalue weighted by molar-refractivity contribution is -0.0513. The molecule has 2 rings (SSSR count). The highest BCUT2D eigenvalue weighted by Gasteiger charge is 2.45. The highest BCUT2D eigenvalue weighted by Crippen LogP contribution is 2.45. The van der Waals surface area contributed by atoms with Gasteiger partial charge in [-0.05, 0) is 24.5 Å². The Hall–Kier alpha value is -1.17. The Morgan fingerprint density at radius 1 is 0.947 bits per heavy atom. The zero-order chi connectivity index (χ0) is 14.3. The molecule has 0 spiro atoms. The molecule has 1 fully saturated rings. The van der Waals surface area contributed by atoms with E-state index in [0.717, 1.165) is 12.1 Å². The molecule has 19 heavy (non-hydrogen) atoms. The monoisotopic (exact) mass is 279 g/mol. The van der Waals surface area contributed by atoms with E-state index in [4.69, 9.17) is 5.73 Å². The normalized spacial score (nSPS) is 21.4. The number of alkyl halides is 2. The summed E-state index contributed by atoms with van der Waals surface area (Å²) in [6, 6.07) is 1.90. The molecule has 1 aliphatic rings. The van der Waals surface area contributed by atoms with Crippen molar-refractivity contribution in [3.63, 3.8) is 0 Å². The third-order valence-electron chi connectivity index (χ3n) is 3.94. The lowest BCUT2D eigenvalue weighted by atomic mass is 9.68. The molecule has 0 bridgehead atoms. The van der Waals surface area contributed by atoms with Crippen molar-refractivity contribution < 1.29 is 22.0 Å². The van der Waals surface area contributed by atoms with Crippen LogP contribution in [0.2, 0.25) is 0 Å². The zero-order valence-corrected chi connectivity index (χ0v) is 10.2. The highest BCUT2D eigenvalue weighted by atomic mass is 19.3. The third-order valence-corrected chi connectivity index (χ3v) is 3.94. The summed E-state index contributed by atoms with van der Waals surface area (Å²) in [5, 5.41) is 0. The van der Waals surface area contributed by atoms with Gasteiger partial charge in [-0.15, -0.1) is 0 Å². The number of hydrogen-bond donors (Lipinski definition) is 1. The molecule has 1 aliphatic carbocycles. The summed E-state index contributed by atoms with van der Waals surface area (Å²) < 4.78 is 66.3. The summed E-state index contributed by atoms with van der Waals surface area (Å²) >= 11 is 0. The minimum absolute atomic E-state index is 0.0432. The second kappa shape index (κ2) is 4.74. The summed E-state index contributed by atoms with van der Waals surface area (Å²) in [5.74, 6) is -7.00. The number of nitrogens with two attached hydrogens (primary N) is 1. The first-order valence-electron chi connectivity index (χ1n) is 6.03. The van der Waals surface area contributed by atoms with Gasteiger partial charge in [0.2, 0.25) is 5.92 Å². The van der Waals surface area contributed by atoms with Gasteiger partial charge in [-0.3, -0.25) is 0 Å². The zero-order valence-electron chi connectivity index (χ0n) is 10.2. The van der Waals surface area contributed by atoms with Crippen molar-refractivity contribution in [2.45, 2.75) is 37.0 Å². The Bertz CT molecular complexity index is 476. The van der Waals surface area contributed by atoms with Gasteiger partial charge < -0.3 is 5.73 Å². The van der Waals surface area contributed by atoms with Crippen LogP contribution in [0.25, 0.3) is 0 Å². The number of halogens is 5. The van der Waals surface area contributed by atoms with Crippen molar-refractivity contribution in [1.82, 2.24) is 0 Å². The van der Waals surface area contributed by atoms with E-state index in [1.807, 2.05) is 0 Å². The molecule has 0 amide bonds. The van der Waals surface area contributed by atoms with E-state index in [0.29, 0.717) is 0 Å². The summed E-state index contributed by atoms with van der Waals surface area (Å²) in [6.07, 6.45) is -0.942. The van der Waals surface area contributed by atoms with Gasteiger partial charge in [-0.2, -0.15) is 0 Å². The molecule has 2 N–H and O–H groups in total. The number of benzene rings is 1. The minimum Gasteiger partial charge on any atom is -0.330 e. The van der Waals surface area contributed by atoms with Crippen molar-refractivity contribution in [3.05, 3.63) is 35.1 Å². The van der Waals surface area contributed by atoms with Crippen molar-refractivity contribution in [1.29, 1.82) is 0 Å². The molecule has 0 saturated heterocycles. The van der Waals surface area contributed by atoms with E-state index in [9.17, 15) is 22.0 Å². The molecule has 0 aliphatic heterocycles. The summed E-state index contributed by atoms with van der Waals surface area (Å²) in [4.78, 5) is 0. The first-order valence-corrected chi connectivity index (χ1v) is 6.03. The van der Waals surface area contributed by atoms with Gasteiger partial charge in [0.05, 0.1) is 0 Å². The van der Waals surface area contributed by atoms with Crippen LogP contribution in [0.3, 0.4) is 0 Å². The Balaban J connectivity index is 2.41. The molecule has 1 saturated carbocycles. The molecular weight excluding hydrogens is 265 g/mol. The largest absolute Gasteiger partial charge is 0.330 e. The number of hydrogen-bond acceptors (Lipinski definition) is 1. The van der Waals surface area contributed by atoms with Gasteiger partial charge >= 0.3 is 0 Å². The van der Waals surface area contributed by atoms with Crippen LogP contribution in [0.15, 0.2) is 12.1 Å². The van der Waals surface area contributed by atoms with Gasteiger partial charge in [-0.25, -0.2) is 22.0 Å². The summed E-state index contributed by atoms with van der Waals surface area (Å²) in [5.41, 5.74) is 4.44. The molecule has 0 atom stereocenters. The van der Waals surface area contributed by atoms with E-state index in [1.54, 1.807) is 0 Å². The second-order valence-electron chi connectivity index (χ2n) is 5.06. The smallest absolute Gasteiger partial charge is 0.248 e. The molecule has 0 radical (unpaired) electrons. The predicted octanol–water partition coefficient (Wildman–Crippen LogP) is 3.51. The molecule has 6 heteroatoms. The highest BCUT2D eigenvalue weighted by molar-refractivity contribution is 5.30. The van der Waals surface area contributed by atoms with Crippen molar-refractivity contribution >= 4 is 0 Å². The molecular formula is C13H14F5N. The van der Waals surface area contributed by atoms with E-state index >= 15 is 0 Å². The van der Waals surface area contributed by atoms with Crippen LogP contribution in [0.5, 0.6) is 0 Å². The number of rotatable bonds is 2. The predicted molar refractivity (Wildman–Crippen MR) is 60.5 cm³/mol. The van der Waals surface area contributed by atoms with E-state index in [2.05, 4.69) is 0 Å². The summed E-state index contributed by atoms with van der Waals surface area (Å²) in [7, 11) is 0. The van der Waals surface area contributed by atoms with Gasteiger partial charge in [0, 0.05) is 24.8 Å². The maximum atomic E-state index is 13.8. The molecule has 1 nitrogen and oxygen atoms in total. The molecule has 0 heterocycles. The first-order chi connectivity index (χ1) is 8.81. The second-order valence-corrected chi connectivity index (χ2v) is 5.06. The van der Waals surface area contributed by atoms with E-state index in [-0.39, 0.29) is 24.9 Å². The maximum Gasteiger partial charge on any atom is 0.248 e. The Labute approximate surface area is 107 Å². The fourth-order valence-electron chi connectivity index (χ4n) is 2.61. The van der Waals surface area contributed by atoms with Gasteiger partial charge in [0.25, 0.3) is 0 Å². The van der Waals surface area contributed by atoms with Crippen LogP contribution in [-0.4, -0.2) is 12.5 Å². The van der Waals surface area contributed by atoms with Crippen LogP contribution in [0, 0.1) is 17.5 Å². The molecule has 106 valence electrons. The van der Waals surface area contributed by atoms with Gasteiger partial charge in [0.1, 0.15) is 0 Å². The van der Waals surface area contributed by atoms with Gasteiger partial charge in [-0.1, -0.05) is 6.07 Å². The minimum atomic E-state index is -2.80. The first kappa shape index (κ1) is 14.2. The Morgan fingerprint density at radius 2 is 1.53 bits per heavy atom. The molecule has 0 aromatic heterocycles. The lowest BCUT2D eigenvalue weighted by Crippen LogP contribution is -2.42. The quantitative estimate of drug-likeness (QED) is 0.650. The molecule has 0 unspecified atom stereocenters. The molecule has 1 aromatic carbocycles. The van der Waals surface area contributed by atoms with Gasteiger partial charge in [0.15, 0.2) is 17.5 Å². The van der Waals surface area contributed by atoms with E-state index < -0.39 is 41.6 Å².